The van der Waals surface area contributed by atoms with E-state index in [-0.39, 0.29) is 0 Å². The van der Waals surface area contributed by atoms with Crippen molar-refractivity contribution in [2.75, 3.05) is 13.2 Å². The molecule has 0 atom stereocenters. The molecule has 0 amide bonds. The Labute approximate surface area is 107 Å². The van der Waals surface area contributed by atoms with Gasteiger partial charge in [-0.25, -0.2) is 0 Å². The molecule has 0 bridgehead atoms. The number of rotatable bonds is 8. The molecule has 1 aromatic carbocycles. The molecular weight excluding hydrogens is 228 g/mol. The van der Waals surface area contributed by atoms with Crippen molar-refractivity contribution in [1.82, 2.24) is 0 Å². The fourth-order valence-corrected chi connectivity index (χ4v) is 1.22. The third-order valence-corrected chi connectivity index (χ3v) is 2.04. The lowest BCUT2D eigenvalue weighted by atomic mass is 10.2. The van der Waals surface area contributed by atoms with E-state index >= 15 is 0 Å². The highest BCUT2D eigenvalue weighted by Crippen LogP contribution is 2.15. The Hall–Kier alpha value is -2.29. The maximum absolute atomic E-state index is 10.7. The van der Waals surface area contributed by atoms with E-state index < -0.39 is 0 Å². The van der Waals surface area contributed by atoms with Gasteiger partial charge in [-0.05, 0) is 18.2 Å². The van der Waals surface area contributed by atoms with E-state index in [9.17, 15) is 4.79 Å². The highest BCUT2D eigenvalue weighted by molar-refractivity contribution is 5.79. The summed E-state index contributed by atoms with van der Waals surface area (Å²) in [5, 5.41) is 0. The summed E-state index contributed by atoms with van der Waals surface area (Å²) in [4.78, 5) is 10.7. The van der Waals surface area contributed by atoms with E-state index in [1.165, 1.54) is 0 Å². The summed E-state index contributed by atoms with van der Waals surface area (Å²) in [7, 11) is 0. The molecule has 0 fully saturated rings. The third-order valence-electron chi connectivity index (χ3n) is 2.04. The maximum atomic E-state index is 10.7. The van der Waals surface area contributed by atoms with E-state index in [0.717, 1.165) is 6.29 Å². The SMILES string of the molecule is C=CC=CC=COCCOc1ccccc1C=O. The van der Waals surface area contributed by atoms with Crippen LogP contribution in [0.15, 0.2) is 61.4 Å². The number of hydrogen-bond donors (Lipinski definition) is 0. The Balaban J connectivity index is 2.25. The highest BCUT2D eigenvalue weighted by atomic mass is 16.5. The van der Waals surface area contributed by atoms with Gasteiger partial charge in [0.25, 0.3) is 0 Å². The van der Waals surface area contributed by atoms with Crippen LogP contribution in [0.5, 0.6) is 5.75 Å². The molecule has 0 saturated carbocycles. The highest BCUT2D eigenvalue weighted by Gasteiger charge is 2.00. The van der Waals surface area contributed by atoms with Gasteiger partial charge < -0.3 is 9.47 Å². The fraction of sp³-hybridized carbons (Fsp3) is 0.133. The summed E-state index contributed by atoms with van der Waals surface area (Å²) >= 11 is 0. The molecular formula is C15H16O3. The first-order chi connectivity index (χ1) is 8.88. The van der Waals surface area contributed by atoms with Crippen LogP contribution in [0.2, 0.25) is 0 Å². The monoisotopic (exact) mass is 244 g/mol. The molecule has 18 heavy (non-hydrogen) atoms. The molecule has 0 saturated heterocycles. The van der Waals surface area contributed by atoms with E-state index in [2.05, 4.69) is 6.58 Å². The van der Waals surface area contributed by atoms with Crippen molar-refractivity contribution in [2.24, 2.45) is 0 Å². The summed E-state index contributed by atoms with van der Waals surface area (Å²) in [6.07, 6.45) is 9.42. The minimum atomic E-state index is 0.389. The van der Waals surface area contributed by atoms with Crippen LogP contribution in [0, 0.1) is 0 Å². The van der Waals surface area contributed by atoms with Crippen LogP contribution < -0.4 is 4.74 Å². The predicted molar refractivity (Wildman–Crippen MR) is 71.8 cm³/mol. The van der Waals surface area contributed by atoms with Crippen LogP contribution in [-0.4, -0.2) is 19.5 Å². The molecule has 3 nitrogen and oxygen atoms in total. The van der Waals surface area contributed by atoms with Gasteiger partial charge in [-0.2, -0.15) is 0 Å². The van der Waals surface area contributed by atoms with E-state index in [4.69, 9.17) is 9.47 Å². The first-order valence-corrected chi connectivity index (χ1v) is 5.61. The second kappa shape index (κ2) is 8.82. The lowest BCUT2D eigenvalue weighted by molar-refractivity contribution is 0.111. The Kier molecular flexibility index (Phi) is 6.75. The van der Waals surface area contributed by atoms with Crippen molar-refractivity contribution in [2.45, 2.75) is 0 Å². The van der Waals surface area contributed by atoms with Gasteiger partial charge in [-0.15, -0.1) is 0 Å². The molecule has 0 aromatic heterocycles. The first kappa shape index (κ1) is 13.8. The predicted octanol–water partition coefficient (Wildman–Crippen LogP) is 3.15. The van der Waals surface area contributed by atoms with Crippen LogP contribution in [0.3, 0.4) is 0 Å². The molecule has 3 heteroatoms. The third kappa shape index (κ3) is 5.16. The number of aldehydes is 1. The molecule has 1 aromatic rings. The van der Waals surface area contributed by atoms with Crippen molar-refractivity contribution in [3.8, 4) is 5.75 Å². The maximum Gasteiger partial charge on any atom is 0.153 e. The number of carbonyl (C=O) groups excluding carboxylic acids is 1. The molecule has 0 radical (unpaired) electrons. The molecule has 0 unspecified atom stereocenters. The van der Waals surface area contributed by atoms with Gasteiger partial charge in [0, 0.05) is 0 Å². The first-order valence-electron chi connectivity index (χ1n) is 5.61. The van der Waals surface area contributed by atoms with Gasteiger partial charge in [-0.1, -0.05) is 36.9 Å². The summed E-state index contributed by atoms with van der Waals surface area (Å²) in [5.41, 5.74) is 0.543. The average molecular weight is 244 g/mol. The zero-order valence-electron chi connectivity index (χ0n) is 10.1. The van der Waals surface area contributed by atoms with Crippen LogP contribution in [0.4, 0.5) is 0 Å². The van der Waals surface area contributed by atoms with Crippen LogP contribution in [-0.2, 0) is 4.74 Å². The van der Waals surface area contributed by atoms with Gasteiger partial charge >= 0.3 is 0 Å². The van der Waals surface area contributed by atoms with E-state index in [1.54, 1.807) is 42.7 Å². The molecule has 0 aliphatic rings. The molecule has 0 spiro atoms. The molecule has 0 aliphatic heterocycles. The van der Waals surface area contributed by atoms with Gasteiger partial charge in [-0.3, -0.25) is 4.79 Å². The molecule has 94 valence electrons. The average Bonchev–Trinajstić information content (AvgIpc) is 2.42. The minimum Gasteiger partial charge on any atom is -0.498 e. The van der Waals surface area contributed by atoms with Crippen molar-refractivity contribution in [3.63, 3.8) is 0 Å². The van der Waals surface area contributed by atoms with Gasteiger partial charge in [0.1, 0.15) is 19.0 Å². The molecule has 0 aliphatic carbocycles. The van der Waals surface area contributed by atoms with Crippen molar-refractivity contribution < 1.29 is 14.3 Å². The topological polar surface area (TPSA) is 35.5 Å². The largest absolute Gasteiger partial charge is 0.498 e. The number of benzene rings is 1. The zero-order valence-corrected chi connectivity index (χ0v) is 10.1. The minimum absolute atomic E-state index is 0.389. The zero-order chi connectivity index (χ0) is 13.1. The Morgan fingerprint density at radius 1 is 1.11 bits per heavy atom. The summed E-state index contributed by atoms with van der Waals surface area (Å²) in [5.74, 6) is 0.576. The number of allylic oxidation sites excluding steroid dienone is 4. The van der Waals surface area contributed by atoms with Crippen molar-refractivity contribution in [1.29, 1.82) is 0 Å². The Bertz CT molecular complexity index is 433. The quantitative estimate of drug-likeness (QED) is 0.305. The molecule has 0 heterocycles. The van der Waals surface area contributed by atoms with Crippen LogP contribution in [0.1, 0.15) is 10.4 Å². The molecule has 0 N–H and O–H groups in total. The van der Waals surface area contributed by atoms with Gasteiger partial charge in [0.05, 0.1) is 11.8 Å². The number of carbonyl (C=O) groups is 1. The number of ether oxygens (including phenoxy) is 2. The fourth-order valence-electron chi connectivity index (χ4n) is 1.22. The normalized spacial score (nSPS) is 10.7. The second-order valence-corrected chi connectivity index (χ2v) is 3.32. The number of para-hydroxylation sites is 1. The van der Waals surface area contributed by atoms with Gasteiger partial charge in [0.15, 0.2) is 6.29 Å². The van der Waals surface area contributed by atoms with Crippen LogP contribution >= 0.6 is 0 Å². The smallest absolute Gasteiger partial charge is 0.153 e. The Morgan fingerprint density at radius 3 is 2.72 bits per heavy atom. The lowest BCUT2D eigenvalue weighted by Gasteiger charge is -2.07. The van der Waals surface area contributed by atoms with Crippen LogP contribution in [0.25, 0.3) is 0 Å². The standard InChI is InChI=1S/C15H16O3/c1-2-3-4-7-10-17-11-12-18-15-9-6-5-8-14(15)13-16/h2-10,13H,1,11-12H2. The summed E-state index contributed by atoms with van der Waals surface area (Å²) in [6.45, 7) is 4.36. The van der Waals surface area contributed by atoms with Crippen molar-refractivity contribution in [3.05, 3.63) is 67.0 Å². The Morgan fingerprint density at radius 2 is 1.94 bits per heavy atom. The number of hydrogen-bond acceptors (Lipinski definition) is 3. The summed E-state index contributed by atoms with van der Waals surface area (Å²) < 4.78 is 10.6. The van der Waals surface area contributed by atoms with Gasteiger partial charge in [0.2, 0.25) is 0 Å². The molecule has 1 rings (SSSR count). The lowest BCUT2D eigenvalue weighted by Crippen LogP contribution is -2.05. The second-order valence-electron chi connectivity index (χ2n) is 3.32. The summed E-state index contributed by atoms with van der Waals surface area (Å²) in [6, 6.07) is 7.08. The van der Waals surface area contributed by atoms with E-state index in [1.807, 2.05) is 12.1 Å². The van der Waals surface area contributed by atoms with E-state index in [0.29, 0.717) is 24.5 Å². The van der Waals surface area contributed by atoms with Crippen molar-refractivity contribution >= 4 is 6.29 Å².